The van der Waals surface area contributed by atoms with Gasteiger partial charge in [-0.2, -0.15) is 0 Å². The number of anilines is 1. The van der Waals surface area contributed by atoms with E-state index in [1.807, 2.05) is 11.4 Å². The zero-order chi connectivity index (χ0) is 20.8. The molecule has 0 bridgehead atoms. The van der Waals surface area contributed by atoms with Crippen molar-refractivity contribution in [2.24, 2.45) is 11.3 Å². The third-order valence-electron chi connectivity index (χ3n) is 7.04. The predicted octanol–water partition coefficient (Wildman–Crippen LogP) is 4.11. The molecule has 6 nitrogen and oxygen atoms in total. The Morgan fingerprint density at radius 1 is 1.30 bits per heavy atom. The van der Waals surface area contributed by atoms with E-state index in [-0.39, 0.29) is 23.0 Å². The number of carbonyl (C=O) groups is 1. The molecule has 1 spiro atoms. The first-order chi connectivity index (χ1) is 14.4. The van der Waals surface area contributed by atoms with Crippen LogP contribution in [0.2, 0.25) is 0 Å². The van der Waals surface area contributed by atoms with Crippen LogP contribution in [0.1, 0.15) is 44.8 Å². The van der Waals surface area contributed by atoms with E-state index in [0.717, 1.165) is 44.7 Å². The summed E-state index contributed by atoms with van der Waals surface area (Å²) in [6, 6.07) is 8.29. The topological polar surface area (TPSA) is 63.7 Å². The standard InChI is InChI=1S/C23H29N3O3S/c1-22(2)17-13-23(15-28-20(17)16-5-3-4-6-18(16)29-22)7-10-26(11-8-23)14-19(27)25-21-24-9-12-30-21/h3-6,9,12,17,20H,7-8,10-11,13-15H2,1-2H3,(H,24,25,27)/t17-,20+/m0/s1. The summed E-state index contributed by atoms with van der Waals surface area (Å²) < 4.78 is 12.9. The lowest BCUT2D eigenvalue weighted by Gasteiger charge is -2.54. The van der Waals surface area contributed by atoms with Gasteiger partial charge in [-0.1, -0.05) is 18.2 Å². The molecule has 1 aromatic carbocycles. The smallest absolute Gasteiger partial charge is 0.240 e. The van der Waals surface area contributed by atoms with E-state index in [4.69, 9.17) is 9.47 Å². The van der Waals surface area contributed by atoms with E-state index in [0.29, 0.717) is 17.6 Å². The van der Waals surface area contributed by atoms with E-state index >= 15 is 0 Å². The monoisotopic (exact) mass is 427 g/mol. The quantitative estimate of drug-likeness (QED) is 0.799. The number of hydrogen-bond donors (Lipinski definition) is 1. The normalized spacial score (nSPS) is 27.0. The number of carbonyl (C=O) groups excluding carboxylic acids is 1. The van der Waals surface area contributed by atoms with Gasteiger partial charge >= 0.3 is 0 Å². The minimum absolute atomic E-state index is 0.0132. The van der Waals surface area contributed by atoms with Gasteiger partial charge in [-0.25, -0.2) is 4.98 Å². The number of fused-ring (bicyclic) bond motifs is 3. The van der Waals surface area contributed by atoms with E-state index in [1.54, 1.807) is 6.20 Å². The molecule has 2 atom stereocenters. The summed E-state index contributed by atoms with van der Waals surface area (Å²) in [6.07, 6.45) is 5.03. The molecule has 7 heteroatoms. The van der Waals surface area contributed by atoms with Crippen LogP contribution in [0.4, 0.5) is 5.13 Å². The fraction of sp³-hybridized carbons (Fsp3) is 0.565. The van der Waals surface area contributed by atoms with Crippen LogP contribution in [0, 0.1) is 11.3 Å². The molecule has 2 fully saturated rings. The second kappa shape index (κ2) is 7.62. The lowest BCUT2D eigenvalue weighted by Crippen LogP contribution is -2.54. The number of hydrogen-bond acceptors (Lipinski definition) is 6. The molecule has 0 unspecified atom stereocenters. The Morgan fingerprint density at radius 3 is 2.87 bits per heavy atom. The third-order valence-corrected chi connectivity index (χ3v) is 7.73. The van der Waals surface area contributed by atoms with Gasteiger partial charge in [0.2, 0.25) is 5.91 Å². The van der Waals surface area contributed by atoms with Gasteiger partial charge in [-0.15, -0.1) is 11.3 Å². The highest BCUT2D eigenvalue weighted by molar-refractivity contribution is 7.13. The molecular weight excluding hydrogens is 398 g/mol. The fourth-order valence-electron chi connectivity index (χ4n) is 5.28. The summed E-state index contributed by atoms with van der Waals surface area (Å²) in [5, 5.41) is 5.42. The van der Waals surface area contributed by atoms with Gasteiger partial charge in [0.05, 0.1) is 19.3 Å². The maximum absolute atomic E-state index is 12.3. The summed E-state index contributed by atoms with van der Waals surface area (Å²) in [7, 11) is 0. The van der Waals surface area contributed by atoms with Crippen molar-refractivity contribution in [2.45, 2.75) is 44.8 Å². The highest BCUT2D eigenvalue weighted by atomic mass is 32.1. The molecule has 5 rings (SSSR count). The van der Waals surface area contributed by atoms with Crippen LogP contribution in [0.15, 0.2) is 35.8 Å². The van der Waals surface area contributed by atoms with E-state index in [1.165, 1.54) is 16.9 Å². The number of amides is 1. The molecule has 0 saturated carbocycles. The lowest BCUT2D eigenvalue weighted by molar-refractivity contribution is -0.174. The SMILES string of the molecule is CC1(C)Oc2ccccc2[C@H]2OCC3(CCN(CC(=O)Nc4nccs4)CC3)C[C@@H]21. The number of thiazole rings is 1. The largest absolute Gasteiger partial charge is 0.487 e. The molecule has 0 aliphatic carbocycles. The first-order valence-corrected chi connectivity index (χ1v) is 11.6. The molecular formula is C23H29N3O3S. The minimum atomic E-state index is -0.253. The molecule has 2 aromatic rings. The Bertz CT molecular complexity index is 906. The Balaban J connectivity index is 1.22. The molecule has 1 amide bonds. The van der Waals surface area contributed by atoms with E-state index in [2.05, 4.69) is 47.2 Å². The van der Waals surface area contributed by atoms with Crippen LogP contribution in [-0.2, 0) is 9.53 Å². The zero-order valence-corrected chi connectivity index (χ0v) is 18.4. The Hall–Kier alpha value is -1.96. The third kappa shape index (κ3) is 3.74. The number of rotatable bonds is 3. The van der Waals surface area contributed by atoms with Gasteiger partial charge in [0.25, 0.3) is 0 Å². The number of benzene rings is 1. The van der Waals surface area contributed by atoms with Crippen molar-refractivity contribution in [3.05, 3.63) is 41.4 Å². The predicted molar refractivity (Wildman–Crippen MR) is 117 cm³/mol. The maximum atomic E-state index is 12.3. The Labute approximate surface area is 181 Å². The molecule has 0 radical (unpaired) electrons. The van der Waals surface area contributed by atoms with Gasteiger partial charge in [0, 0.05) is 23.1 Å². The minimum Gasteiger partial charge on any atom is -0.487 e. The van der Waals surface area contributed by atoms with Crippen molar-refractivity contribution >= 4 is 22.4 Å². The highest BCUT2D eigenvalue weighted by Crippen LogP contribution is 2.55. The number of piperidine rings is 1. The number of likely N-dealkylation sites (tertiary alicyclic amines) is 1. The summed E-state index contributed by atoms with van der Waals surface area (Å²) in [4.78, 5) is 18.7. The number of aromatic nitrogens is 1. The molecule has 1 aromatic heterocycles. The van der Waals surface area contributed by atoms with Crippen molar-refractivity contribution in [1.82, 2.24) is 9.88 Å². The molecule has 1 N–H and O–H groups in total. The van der Waals surface area contributed by atoms with Gasteiger partial charge in [0.15, 0.2) is 5.13 Å². The molecule has 3 aliphatic heterocycles. The summed E-state index contributed by atoms with van der Waals surface area (Å²) >= 11 is 1.45. The van der Waals surface area contributed by atoms with Crippen molar-refractivity contribution in [1.29, 1.82) is 0 Å². The first-order valence-electron chi connectivity index (χ1n) is 10.8. The van der Waals surface area contributed by atoms with Crippen LogP contribution in [0.3, 0.4) is 0 Å². The van der Waals surface area contributed by atoms with Gasteiger partial charge in [-0.3, -0.25) is 9.69 Å². The average molecular weight is 428 g/mol. The Kier molecular flexibility index (Phi) is 5.08. The van der Waals surface area contributed by atoms with Crippen molar-refractivity contribution in [3.63, 3.8) is 0 Å². The van der Waals surface area contributed by atoms with Gasteiger partial charge in [0.1, 0.15) is 11.4 Å². The second-order valence-corrected chi connectivity index (χ2v) is 10.3. The summed E-state index contributed by atoms with van der Waals surface area (Å²) in [5.41, 5.74) is 1.11. The van der Waals surface area contributed by atoms with Crippen molar-refractivity contribution < 1.29 is 14.3 Å². The van der Waals surface area contributed by atoms with Gasteiger partial charge in [-0.05, 0) is 57.7 Å². The summed E-state index contributed by atoms with van der Waals surface area (Å²) in [5.74, 6) is 1.31. The Morgan fingerprint density at radius 2 is 2.10 bits per heavy atom. The van der Waals surface area contributed by atoms with Crippen molar-refractivity contribution in [3.8, 4) is 5.75 Å². The number of nitrogens with one attached hydrogen (secondary N) is 1. The van der Waals surface area contributed by atoms with Crippen LogP contribution in [0.5, 0.6) is 5.75 Å². The van der Waals surface area contributed by atoms with E-state index in [9.17, 15) is 4.79 Å². The number of ether oxygens (including phenoxy) is 2. The van der Waals surface area contributed by atoms with Crippen LogP contribution in [-0.4, -0.2) is 47.6 Å². The van der Waals surface area contributed by atoms with E-state index < -0.39 is 0 Å². The maximum Gasteiger partial charge on any atom is 0.240 e. The van der Waals surface area contributed by atoms with Crippen LogP contribution < -0.4 is 10.1 Å². The molecule has 160 valence electrons. The number of nitrogens with zero attached hydrogens (tertiary/aromatic N) is 2. The zero-order valence-electron chi connectivity index (χ0n) is 17.6. The van der Waals surface area contributed by atoms with Crippen LogP contribution >= 0.6 is 11.3 Å². The van der Waals surface area contributed by atoms with Crippen LogP contribution in [0.25, 0.3) is 0 Å². The molecule has 30 heavy (non-hydrogen) atoms. The van der Waals surface area contributed by atoms with Gasteiger partial charge < -0.3 is 14.8 Å². The fourth-order valence-corrected chi connectivity index (χ4v) is 5.83. The molecule has 3 aliphatic rings. The first kappa shape index (κ1) is 20.0. The lowest BCUT2D eigenvalue weighted by atomic mass is 9.64. The van der Waals surface area contributed by atoms with Crippen molar-refractivity contribution in [2.75, 3.05) is 31.6 Å². The highest BCUT2D eigenvalue weighted by Gasteiger charge is 2.52. The number of para-hydroxylation sites is 1. The summed E-state index contributed by atoms with van der Waals surface area (Å²) in [6.45, 7) is 7.44. The molecule has 4 heterocycles. The average Bonchev–Trinajstić information content (AvgIpc) is 3.23. The molecule has 2 saturated heterocycles. The second-order valence-electron chi connectivity index (χ2n) is 9.45.